The van der Waals surface area contributed by atoms with Crippen molar-refractivity contribution in [3.05, 3.63) is 58.3 Å². The zero-order valence-corrected chi connectivity index (χ0v) is 19.8. The van der Waals surface area contributed by atoms with Gasteiger partial charge < -0.3 is 20.5 Å². The molecule has 2 aromatic carbocycles. The van der Waals surface area contributed by atoms with Crippen molar-refractivity contribution in [1.29, 1.82) is 0 Å². The number of rotatable bonds is 8. The zero-order chi connectivity index (χ0) is 24.0. The van der Waals surface area contributed by atoms with Crippen molar-refractivity contribution in [3.8, 4) is 0 Å². The van der Waals surface area contributed by atoms with Crippen LogP contribution in [0.25, 0.3) is 0 Å². The van der Waals surface area contributed by atoms with Gasteiger partial charge in [-0.15, -0.1) is 0 Å². The van der Waals surface area contributed by atoms with E-state index >= 15 is 0 Å². The molecule has 1 aliphatic rings. The number of hydrogen-bond donors (Lipinski definition) is 4. The molecule has 180 valence electrons. The van der Waals surface area contributed by atoms with Crippen molar-refractivity contribution >= 4 is 44.9 Å². The maximum atomic E-state index is 13.3. The van der Waals surface area contributed by atoms with E-state index < -0.39 is 34.0 Å². The minimum Gasteiger partial charge on any atom is -0.394 e. The third-order valence-corrected chi connectivity index (χ3v) is 6.99. The minimum absolute atomic E-state index is 0.0791. The molecule has 33 heavy (non-hydrogen) atoms. The van der Waals surface area contributed by atoms with E-state index in [-0.39, 0.29) is 24.2 Å². The number of carbonyl (C=O) groups excluding carboxylic acids is 1. The number of sulfonamides is 1. The summed E-state index contributed by atoms with van der Waals surface area (Å²) in [6, 6.07) is 8.45. The summed E-state index contributed by atoms with van der Waals surface area (Å²) >= 11 is 11.9. The number of ether oxygens (including phenoxy) is 1. The van der Waals surface area contributed by atoms with E-state index in [4.69, 9.17) is 27.9 Å². The van der Waals surface area contributed by atoms with Crippen LogP contribution in [-0.2, 0) is 14.8 Å². The lowest BCUT2D eigenvalue weighted by atomic mass is 9.97. The van der Waals surface area contributed by atoms with Crippen LogP contribution in [0.3, 0.4) is 0 Å². The predicted molar refractivity (Wildman–Crippen MR) is 124 cm³/mol. The molecule has 1 aliphatic heterocycles. The fraction of sp³-hybridized carbons (Fsp3) is 0.381. The highest BCUT2D eigenvalue weighted by atomic mass is 35.5. The zero-order valence-electron chi connectivity index (χ0n) is 17.4. The lowest BCUT2D eigenvalue weighted by Crippen LogP contribution is -2.52. The Hall–Kier alpha value is -1.95. The van der Waals surface area contributed by atoms with Crippen LogP contribution >= 0.6 is 23.2 Å². The third kappa shape index (κ3) is 7.53. The summed E-state index contributed by atoms with van der Waals surface area (Å²) in [5.74, 6) is -0.639. The molecule has 0 spiro atoms. The highest BCUT2D eigenvalue weighted by Gasteiger charge is 2.32. The molecule has 12 heteroatoms. The smallest absolute Gasteiger partial charge is 0.319 e. The first kappa shape index (κ1) is 25.7. The lowest BCUT2D eigenvalue weighted by Gasteiger charge is -2.36. The van der Waals surface area contributed by atoms with Crippen molar-refractivity contribution in [1.82, 2.24) is 10.0 Å². The molecule has 2 aromatic rings. The number of benzene rings is 2. The van der Waals surface area contributed by atoms with E-state index in [0.29, 0.717) is 35.0 Å². The van der Waals surface area contributed by atoms with E-state index in [1.807, 2.05) is 0 Å². The second-order valence-corrected chi connectivity index (χ2v) is 10.2. The first-order valence-electron chi connectivity index (χ1n) is 10.2. The summed E-state index contributed by atoms with van der Waals surface area (Å²) in [5.41, 5.74) is 0.422. The van der Waals surface area contributed by atoms with Gasteiger partial charge in [0.25, 0.3) is 0 Å². The number of aliphatic hydroxyl groups is 1. The molecule has 1 fully saturated rings. The van der Waals surface area contributed by atoms with Crippen LogP contribution in [0.5, 0.6) is 0 Å². The molecule has 1 heterocycles. The quantitative estimate of drug-likeness (QED) is 0.425. The normalized spacial score (nSPS) is 20.9. The SMILES string of the molecule is O=C(Nc1cc(Cl)cc(Cl)c1)N[C@H]1CC[C@@H](CCNS(=O)(=O)c2cccc(F)c2)O[C@H]1CO. The molecule has 3 atom stereocenters. The highest BCUT2D eigenvalue weighted by molar-refractivity contribution is 7.89. The van der Waals surface area contributed by atoms with Crippen LogP contribution in [-0.4, -0.2) is 51.0 Å². The predicted octanol–water partition coefficient (Wildman–Crippen LogP) is 3.53. The van der Waals surface area contributed by atoms with Crippen molar-refractivity contribution in [2.75, 3.05) is 18.5 Å². The van der Waals surface area contributed by atoms with Crippen LogP contribution in [0.2, 0.25) is 10.0 Å². The number of hydrogen-bond acceptors (Lipinski definition) is 5. The van der Waals surface area contributed by atoms with Crippen LogP contribution < -0.4 is 15.4 Å². The van der Waals surface area contributed by atoms with Crippen LogP contribution in [0, 0.1) is 5.82 Å². The van der Waals surface area contributed by atoms with Gasteiger partial charge in [-0.3, -0.25) is 0 Å². The Bertz CT molecular complexity index is 1070. The Morgan fingerprint density at radius 1 is 1.15 bits per heavy atom. The molecule has 3 rings (SSSR count). The maximum Gasteiger partial charge on any atom is 0.319 e. The Morgan fingerprint density at radius 3 is 2.55 bits per heavy atom. The monoisotopic (exact) mass is 519 g/mol. The van der Waals surface area contributed by atoms with Gasteiger partial charge in [0.15, 0.2) is 0 Å². The number of anilines is 1. The van der Waals surface area contributed by atoms with Gasteiger partial charge >= 0.3 is 6.03 Å². The number of urea groups is 1. The van der Waals surface area contributed by atoms with Gasteiger partial charge in [-0.2, -0.15) is 0 Å². The summed E-state index contributed by atoms with van der Waals surface area (Å²) in [6.45, 7) is -0.241. The average molecular weight is 520 g/mol. The second-order valence-electron chi connectivity index (χ2n) is 7.56. The van der Waals surface area contributed by atoms with E-state index in [1.54, 1.807) is 18.2 Å². The molecule has 0 radical (unpaired) electrons. The largest absolute Gasteiger partial charge is 0.394 e. The second kappa shape index (κ2) is 11.5. The molecular weight excluding hydrogens is 496 g/mol. The molecular formula is C21H24Cl2FN3O5S. The van der Waals surface area contributed by atoms with Crippen molar-refractivity contribution in [3.63, 3.8) is 0 Å². The first-order valence-corrected chi connectivity index (χ1v) is 12.5. The Balaban J connectivity index is 1.48. The van der Waals surface area contributed by atoms with Gasteiger partial charge in [-0.1, -0.05) is 29.3 Å². The van der Waals surface area contributed by atoms with Crippen molar-refractivity contribution in [2.45, 2.75) is 42.4 Å². The minimum atomic E-state index is -3.84. The lowest BCUT2D eigenvalue weighted by molar-refractivity contribution is -0.0884. The standard InChI is InChI=1S/C21H24Cl2FN3O5S/c22-13-8-14(23)10-16(9-13)26-21(29)27-19-5-4-17(32-20(19)12-28)6-7-25-33(30,31)18-3-1-2-15(24)11-18/h1-3,8-11,17,19-20,25,28H,4-7,12H2,(H2,26,27,29)/t17-,19-,20-/m0/s1. The highest BCUT2D eigenvalue weighted by Crippen LogP contribution is 2.24. The molecule has 0 aliphatic carbocycles. The fourth-order valence-corrected chi connectivity index (χ4v) is 5.15. The summed E-state index contributed by atoms with van der Waals surface area (Å²) in [7, 11) is -3.84. The average Bonchev–Trinajstić information content (AvgIpc) is 2.73. The number of amides is 2. The van der Waals surface area contributed by atoms with Gasteiger partial charge in [0.2, 0.25) is 10.0 Å². The number of halogens is 3. The molecule has 4 N–H and O–H groups in total. The molecule has 8 nitrogen and oxygen atoms in total. The number of nitrogens with one attached hydrogen (secondary N) is 3. The summed E-state index contributed by atoms with van der Waals surface area (Å²) in [6.07, 6.45) is 0.454. The van der Waals surface area contributed by atoms with E-state index in [2.05, 4.69) is 15.4 Å². The molecule has 0 saturated carbocycles. The number of aliphatic hydroxyl groups excluding tert-OH is 1. The summed E-state index contributed by atoms with van der Waals surface area (Å²) < 4.78 is 46.1. The van der Waals surface area contributed by atoms with Crippen LogP contribution in [0.4, 0.5) is 14.9 Å². The fourth-order valence-electron chi connectivity index (χ4n) is 3.54. The Kier molecular flexibility index (Phi) is 8.91. The van der Waals surface area contributed by atoms with Crippen molar-refractivity contribution < 1.29 is 27.4 Å². The molecule has 2 amide bonds. The topological polar surface area (TPSA) is 117 Å². The Labute approximate surface area is 201 Å². The maximum absolute atomic E-state index is 13.3. The first-order chi connectivity index (χ1) is 15.7. The van der Waals surface area contributed by atoms with Crippen LogP contribution in [0.15, 0.2) is 47.4 Å². The van der Waals surface area contributed by atoms with Gasteiger partial charge in [0.1, 0.15) is 11.9 Å². The van der Waals surface area contributed by atoms with Crippen molar-refractivity contribution in [2.24, 2.45) is 0 Å². The van der Waals surface area contributed by atoms with E-state index in [1.165, 1.54) is 18.2 Å². The molecule has 0 bridgehead atoms. The summed E-state index contributed by atoms with van der Waals surface area (Å²) in [4.78, 5) is 12.2. The van der Waals surface area contributed by atoms with Gasteiger partial charge in [0, 0.05) is 22.3 Å². The van der Waals surface area contributed by atoms with Gasteiger partial charge in [-0.05, 0) is 55.7 Å². The number of carbonyl (C=O) groups is 1. The van der Waals surface area contributed by atoms with E-state index in [0.717, 1.165) is 6.07 Å². The van der Waals surface area contributed by atoms with Crippen LogP contribution in [0.1, 0.15) is 19.3 Å². The molecule has 0 aromatic heterocycles. The van der Waals surface area contributed by atoms with Gasteiger partial charge in [0.05, 0.1) is 23.6 Å². The third-order valence-electron chi connectivity index (χ3n) is 5.10. The van der Waals surface area contributed by atoms with E-state index in [9.17, 15) is 22.7 Å². The molecule has 1 saturated heterocycles. The molecule has 0 unspecified atom stereocenters. The summed E-state index contributed by atoms with van der Waals surface area (Å²) in [5, 5.41) is 15.9. The Morgan fingerprint density at radius 2 is 1.88 bits per heavy atom. The van der Waals surface area contributed by atoms with Gasteiger partial charge in [-0.25, -0.2) is 22.3 Å².